The Morgan fingerprint density at radius 2 is 2.08 bits per heavy atom. The Kier molecular flexibility index (Phi) is 3.43. The minimum Gasteiger partial charge on any atom is -0.463 e. The SMILES string of the molecule is O=C(Nc1ccc(-n2ccnc2)cc1)c1cn[nH]c1-c1ccco1. The molecule has 3 aromatic heterocycles. The van der Waals surface area contributed by atoms with E-state index in [-0.39, 0.29) is 5.91 Å². The number of carbonyl (C=O) groups is 1. The van der Waals surface area contributed by atoms with Crippen LogP contribution in [-0.2, 0) is 0 Å². The number of hydrogen-bond acceptors (Lipinski definition) is 4. The van der Waals surface area contributed by atoms with Crippen LogP contribution in [0.5, 0.6) is 0 Å². The van der Waals surface area contributed by atoms with Gasteiger partial charge in [-0.1, -0.05) is 0 Å². The number of nitrogens with one attached hydrogen (secondary N) is 2. The number of hydrogen-bond donors (Lipinski definition) is 2. The summed E-state index contributed by atoms with van der Waals surface area (Å²) in [6.45, 7) is 0. The molecule has 0 saturated heterocycles. The van der Waals surface area contributed by atoms with Crippen molar-refractivity contribution in [3.63, 3.8) is 0 Å². The van der Waals surface area contributed by atoms with E-state index in [0.717, 1.165) is 5.69 Å². The minimum atomic E-state index is -0.259. The Hall–Kier alpha value is -3.61. The zero-order valence-corrected chi connectivity index (χ0v) is 12.5. The van der Waals surface area contributed by atoms with Crippen molar-refractivity contribution in [2.24, 2.45) is 0 Å². The number of imidazole rings is 1. The largest absolute Gasteiger partial charge is 0.463 e. The van der Waals surface area contributed by atoms with Gasteiger partial charge in [-0.2, -0.15) is 5.10 Å². The Morgan fingerprint density at radius 3 is 2.79 bits per heavy atom. The average Bonchev–Trinajstić information content (AvgIpc) is 3.35. The van der Waals surface area contributed by atoms with Gasteiger partial charge in [0.25, 0.3) is 5.91 Å². The van der Waals surface area contributed by atoms with Gasteiger partial charge < -0.3 is 14.3 Å². The molecule has 1 amide bonds. The molecule has 0 atom stereocenters. The molecule has 0 spiro atoms. The zero-order valence-electron chi connectivity index (χ0n) is 12.5. The molecule has 0 bridgehead atoms. The number of H-pyrrole nitrogens is 1. The lowest BCUT2D eigenvalue weighted by atomic mass is 10.2. The lowest BCUT2D eigenvalue weighted by molar-refractivity contribution is 0.102. The van der Waals surface area contributed by atoms with E-state index in [9.17, 15) is 4.79 Å². The van der Waals surface area contributed by atoms with Crippen LogP contribution in [-0.4, -0.2) is 25.7 Å². The summed E-state index contributed by atoms with van der Waals surface area (Å²) >= 11 is 0. The molecular formula is C17H13N5O2. The van der Waals surface area contributed by atoms with Crippen LogP contribution in [0.25, 0.3) is 17.1 Å². The number of carbonyl (C=O) groups excluding carboxylic acids is 1. The van der Waals surface area contributed by atoms with E-state index in [1.165, 1.54) is 6.20 Å². The Morgan fingerprint density at radius 1 is 1.21 bits per heavy atom. The van der Waals surface area contributed by atoms with Crippen molar-refractivity contribution in [1.82, 2.24) is 19.7 Å². The fraction of sp³-hybridized carbons (Fsp3) is 0. The summed E-state index contributed by atoms with van der Waals surface area (Å²) in [4.78, 5) is 16.5. The molecule has 24 heavy (non-hydrogen) atoms. The van der Waals surface area contributed by atoms with Crippen molar-refractivity contribution in [2.75, 3.05) is 5.32 Å². The summed E-state index contributed by atoms with van der Waals surface area (Å²) in [5.74, 6) is 0.304. The summed E-state index contributed by atoms with van der Waals surface area (Å²) in [5.41, 5.74) is 2.62. The number of aromatic nitrogens is 4. The van der Waals surface area contributed by atoms with E-state index in [1.807, 2.05) is 35.0 Å². The molecule has 4 rings (SSSR count). The predicted molar refractivity (Wildman–Crippen MR) is 87.8 cm³/mol. The fourth-order valence-electron chi connectivity index (χ4n) is 2.39. The summed E-state index contributed by atoms with van der Waals surface area (Å²) in [6, 6.07) is 11.0. The fourth-order valence-corrected chi connectivity index (χ4v) is 2.39. The Bertz CT molecular complexity index is 937. The van der Waals surface area contributed by atoms with Crippen molar-refractivity contribution in [1.29, 1.82) is 0 Å². The van der Waals surface area contributed by atoms with Gasteiger partial charge in [0.2, 0.25) is 0 Å². The molecule has 3 heterocycles. The second kappa shape index (κ2) is 5.88. The summed E-state index contributed by atoms with van der Waals surface area (Å²) < 4.78 is 7.20. The van der Waals surface area contributed by atoms with E-state index < -0.39 is 0 Å². The van der Waals surface area contributed by atoms with Gasteiger partial charge in [-0.15, -0.1) is 0 Å². The van der Waals surface area contributed by atoms with Gasteiger partial charge in [-0.25, -0.2) is 4.98 Å². The Labute approximate surface area is 137 Å². The first-order valence-corrected chi connectivity index (χ1v) is 7.28. The highest BCUT2D eigenvalue weighted by Crippen LogP contribution is 2.22. The molecule has 0 aliphatic rings. The van der Waals surface area contributed by atoms with Gasteiger partial charge in [0.15, 0.2) is 5.76 Å². The van der Waals surface area contributed by atoms with Gasteiger partial charge >= 0.3 is 0 Å². The van der Waals surface area contributed by atoms with Gasteiger partial charge in [0, 0.05) is 23.8 Å². The highest BCUT2D eigenvalue weighted by molar-refractivity contribution is 6.07. The second-order valence-corrected chi connectivity index (χ2v) is 5.11. The molecule has 1 aromatic carbocycles. The molecule has 0 saturated carbocycles. The average molecular weight is 319 g/mol. The molecule has 0 aliphatic heterocycles. The maximum Gasteiger partial charge on any atom is 0.259 e. The molecule has 0 radical (unpaired) electrons. The zero-order chi connectivity index (χ0) is 16.4. The van der Waals surface area contributed by atoms with E-state index in [2.05, 4.69) is 20.5 Å². The van der Waals surface area contributed by atoms with Crippen LogP contribution < -0.4 is 5.32 Å². The van der Waals surface area contributed by atoms with Crippen molar-refractivity contribution in [3.05, 3.63) is 73.1 Å². The lowest BCUT2D eigenvalue weighted by Gasteiger charge is -2.07. The van der Waals surface area contributed by atoms with Gasteiger partial charge in [-0.3, -0.25) is 9.89 Å². The lowest BCUT2D eigenvalue weighted by Crippen LogP contribution is -2.12. The number of furan rings is 1. The maximum atomic E-state index is 12.5. The predicted octanol–water partition coefficient (Wildman–Crippen LogP) is 3.11. The third-order valence-electron chi connectivity index (χ3n) is 3.58. The Balaban J connectivity index is 1.54. The van der Waals surface area contributed by atoms with E-state index in [1.54, 1.807) is 30.9 Å². The first-order valence-electron chi connectivity index (χ1n) is 7.28. The number of rotatable bonds is 4. The monoisotopic (exact) mass is 319 g/mol. The van der Waals surface area contributed by atoms with Crippen molar-refractivity contribution < 1.29 is 9.21 Å². The van der Waals surface area contributed by atoms with Crippen LogP contribution in [0.2, 0.25) is 0 Å². The van der Waals surface area contributed by atoms with E-state index in [0.29, 0.717) is 22.7 Å². The quantitative estimate of drug-likeness (QED) is 0.605. The van der Waals surface area contributed by atoms with Crippen molar-refractivity contribution in [2.45, 2.75) is 0 Å². The van der Waals surface area contributed by atoms with E-state index in [4.69, 9.17) is 4.42 Å². The summed E-state index contributed by atoms with van der Waals surface area (Å²) in [5, 5.41) is 9.57. The maximum absolute atomic E-state index is 12.5. The van der Waals surface area contributed by atoms with Crippen LogP contribution in [0, 0.1) is 0 Å². The number of nitrogens with zero attached hydrogens (tertiary/aromatic N) is 3. The standard InChI is InChI=1S/C17H13N5O2/c23-17(14-10-19-21-16(14)15-2-1-9-24-15)20-12-3-5-13(6-4-12)22-8-7-18-11-22/h1-11H,(H,19,21)(H,20,23). The van der Waals surface area contributed by atoms with Crippen LogP contribution in [0.3, 0.4) is 0 Å². The molecule has 7 nitrogen and oxygen atoms in total. The molecule has 0 fully saturated rings. The number of anilines is 1. The second-order valence-electron chi connectivity index (χ2n) is 5.11. The number of benzene rings is 1. The minimum absolute atomic E-state index is 0.259. The van der Waals surface area contributed by atoms with Crippen molar-refractivity contribution >= 4 is 11.6 Å². The third-order valence-corrected chi connectivity index (χ3v) is 3.58. The first-order chi connectivity index (χ1) is 11.8. The molecule has 7 heteroatoms. The van der Waals surface area contributed by atoms with Gasteiger partial charge in [0.1, 0.15) is 5.69 Å². The van der Waals surface area contributed by atoms with Crippen LogP contribution in [0.15, 0.2) is 72.0 Å². The van der Waals surface area contributed by atoms with E-state index >= 15 is 0 Å². The molecule has 4 aromatic rings. The van der Waals surface area contributed by atoms with Crippen LogP contribution in [0.1, 0.15) is 10.4 Å². The third kappa shape index (κ3) is 2.58. The van der Waals surface area contributed by atoms with Crippen molar-refractivity contribution in [3.8, 4) is 17.1 Å². The molecule has 2 N–H and O–H groups in total. The highest BCUT2D eigenvalue weighted by Gasteiger charge is 2.17. The molecule has 0 unspecified atom stereocenters. The molecular weight excluding hydrogens is 306 g/mol. The molecule has 118 valence electrons. The van der Waals surface area contributed by atoms with Gasteiger partial charge in [-0.05, 0) is 36.4 Å². The summed E-state index contributed by atoms with van der Waals surface area (Å²) in [7, 11) is 0. The first kappa shape index (κ1) is 14.0. The normalized spacial score (nSPS) is 10.7. The molecule has 0 aliphatic carbocycles. The number of amides is 1. The topological polar surface area (TPSA) is 88.7 Å². The van der Waals surface area contributed by atoms with Gasteiger partial charge in [0.05, 0.1) is 24.4 Å². The van der Waals surface area contributed by atoms with Crippen LogP contribution in [0.4, 0.5) is 5.69 Å². The van der Waals surface area contributed by atoms with Crippen LogP contribution >= 0.6 is 0 Å². The summed E-state index contributed by atoms with van der Waals surface area (Å²) in [6.07, 6.45) is 8.31. The smallest absolute Gasteiger partial charge is 0.259 e. The highest BCUT2D eigenvalue weighted by atomic mass is 16.3. The number of aromatic amines is 1.